The summed E-state index contributed by atoms with van der Waals surface area (Å²) in [5.74, 6) is 0. The molecule has 62 valence electrons. The average molecular weight is 192 g/mol. The minimum absolute atomic E-state index is 0.337. The molecule has 0 aliphatic heterocycles. The number of nitrogens with zero attached hydrogens (tertiary/aromatic N) is 1. The number of aryl methyl sites for hydroxylation is 1. The van der Waals surface area contributed by atoms with Crippen molar-refractivity contribution >= 4 is 27.2 Å². The molecule has 1 heterocycles. The summed E-state index contributed by atoms with van der Waals surface area (Å²) in [5.41, 5.74) is 0.565. The predicted octanol–water partition coefficient (Wildman–Crippen LogP) is 0.464. The summed E-state index contributed by atoms with van der Waals surface area (Å²) < 4.78 is 21.4. The molecule has 1 aromatic rings. The first-order chi connectivity index (χ1) is 5.15. The second-order valence-corrected chi connectivity index (χ2v) is 4.18. The molecule has 0 aliphatic carbocycles. The quantitative estimate of drug-likeness (QED) is 0.668. The van der Waals surface area contributed by atoms with Crippen molar-refractivity contribution in [2.24, 2.45) is 0 Å². The van der Waals surface area contributed by atoms with Gasteiger partial charge in [-0.3, -0.25) is 0 Å². The largest absolute Gasteiger partial charge is 0.365 e. The van der Waals surface area contributed by atoms with Crippen LogP contribution in [0.3, 0.4) is 0 Å². The number of aromatic nitrogens is 1. The Morgan fingerprint density at radius 3 is 2.45 bits per heavy atom. The van der Waals surface area contributed by atoms with E-state index in [0.717, 1.165) is 11.3 Å². The molecule has 0 unspecified atom stereocenters. The molecule has 0 amide bonds. The van der Waals surface area contributed by atoms with Crippen molar-refractivity contribution in [2.45, 2.75) is 11.1 Å². The lowest BCUT2D eigenvalue weighted by molar-refractivity contribution is 0.615. The summed E-state index contributed by atoms with van der Waals surface area (Å²) >= 11 is 1.15. The van der Waals surface area contributed by atoms with Crippen molar-refractivity contribution in [3.8, 4) is 0 Å². The monoisotopic (exact) mass is 192 g/mol. The topological polar surface area (TPSA) is 59.1 Å². The first kappa shape index (κ1) is 8.48. The Labute approximate surface area is 70.2 Å². The highest BCUT2D eigenvalue weighted by atomic mass is 32.2. The third-order valence-corrected chi connectivity index (χ3v) is 3.51. The maximum atomic E-state index is 10.5. The third kappa shape index (κ3) is 1.69. The van der Waals surface area contributed by atoms with Gasteiger partial charge in [-0.15, -0.1) is 0 Å². The Hall–Kier alpha value is -0.620. The molecule has 0 atom stereocenters. The Balaban J connectivity index is 3.17. The van der Waals surface area contributed by atoms with Crippen LogP contribution in [0.25, 0.3) is 0 Å². The first-order valence-corrected chi connectivity index (χ1v) is 4.94. The molecule has 6 heteroatoms. The van der Waals surface area contributed by atoms with Crippen LogP contribution in [-0.2, 0) is 10.7 Å². The van der Waals surface area contributed by atoms with Crippen LogP contribution >= 0.6 is 11.3 Å². The van der Waals surface area contributed by atoms with Crippen molar-refractivity contribution in [3.63, 3.8) is 0 Å². The van der Waals surface area contributed by atoms with E-state index in [-0.39, 0.29) is 0 Å². The minimum Gasteiger partial charge on any atom is -0.365 e. The highest BCUT2D eigenvalue weighted by Gasteiger charge is 2.07. The molecule has 11 heavy (non-hydrogen) atoms. The van der Waals surface area contributed by atoms with Crippen molar-refractivity contribution in [1.29, 1.82) is 0 Å². The predicted molar refractivity (Wildman–Crippen MR) is 45.0 cm³/mol. The van der Waals surface area contributed by atoms with Crippen LogP contribution in [0.15, 0.2) is 4.21 Å². The molecular weight excluding hydrogens is 184 g/mol. The van der Waals surface area contributed by atoms with Gasteiger partial charge in [0.05, 0.1) is 5.69 Å². The van der Waals surface area contributed by atoms with Crippen molar-refractivity contribution < 1.29 is 8.42 Å². The van der Waals surface area contributed by atoms with E-state index in [0.29, 0.717) is 15.0 Å². The van der Waals surface area contributed by atoms with Gasteiger partial charge in [0, 0.05) is 7.05 Å². The molecule has 0 aliphatic rings. The third-order valence-electron chi connectivity index (χ3n) is 1.15. The summed E-state index contributed by atoms with van der Waals surface area (Å²) in [4.78, 5) is 3.97. The Kier molecular flexibility index (Phi) is 2.45. The molecule has 0 aromatic carbocycles. The number of rotatable bonds is 2. The van der Waals surface area contributed by atoms with Crippen molar-refractivity contribution in [3.05, 3.63) is 5.69 Å². The molecule has 0 saturated carbocycles. The summed E-state index contributed by atoms with van der Waals surface area (Å²) in [6.45, 7) is 1.68. The zero-order valence-corrected chi connectivity index (χ0v) is 7.83. The molecule has 0 fully saturated rings. The van der Waals surface area contributed by atoms with E-state index in [1.807, 2.05) is 0 Å². The second kappa shape index (κ2) is 3.19. The molecule has 4 nitrogen and oxygen atoms in total. The van der Waals surface area contributed by atoms with Crippen molar-refractivity contribution in [2.75, 3.05) is 12.4 Å². The van der Waals surface area contributed by atoms with E-state index < -0.39 is 10.7 Å². The van der Waals surface area contributed by atoms with Crippen LogP contribution < -0.4 is 5.32 Å². The average Bonchev–Trinajstić information content (AvgIpc) is 2.30. The molecule has 1 aromatic heterocycles. The maximum absolute atomic E-state index is 10.5. The van der Waals surface area contributed by atoms with E-state index in [1.165, 1.54) is 0 Å². The maximum Gasteiger partial charge on any atom is 0.183 e. The number of hydrogen-bond donors (Lipinski definition) is 2. The van der Waals surface area contributed by atoms with Gasteiger partial charge >= 0.3 is 0 Å². The van der Waals surface area contributed by atoms with E-state index in [2.05, 4.69) is 10.3 Å². The van der Waals surface area contributed by atoms with Crippen LogP contribution in [0.4, 0.5) is 5.13 Å². The lowest BCUT2D eigenvalue weighted by Gasteiger charge is -1.85. The fourth-order valence-electron chi connectivity index (χ4n) is 0.665. The number of nitrogens with one attached hydrogen (secondary N) is 1. The number of anilines is 1. The molecule has 1 N–H and O–H groups in total. The summed E-state index contributed by atoms with van der Waals surface area (Å²) in [6, 6.07) is 0. The van der Waals surface area contributed by atoms with E-state index in [1.54, 1.807) is 14.0 Å². The highest BCUT2D eigenvalue weighted by molar-refractivity contribution is 7.75. The van der Waals surface area contributed by atoms with Gasteiger partial charge in [-0.25, -0.2) is 13.4 Å². The summed E-state index contributed by atoms with van der Waals surface area (Å²) in [5, 5.41) is 3.42. The summed E-state index contributed by atoms with van der Waals surface area (Å²) in [6.07, 6.45) is 0. The Bertz CT molecular complexity index is 321. The summed E-state index contributed by atoms with van der Waals surface area (Å²) in [7, 11) is -0.777. The second-order valence-electron chi connectivity index (χ2n) is 1.92. The van der Waals surface area contributed by atoms with Crippen LogP contribution in [-0.4, -0.2) is 20.4 Å². The van der Waals surface area contributed by atoms with Crippen molar-refractivity contribution in [1.82, 2.24) is 4.98 Å². The highest BCUT2D eigenvalue weighted by Crippen LogP contribution is 2.22. The lowest BCUT2D eigenvalue weighted by atomic mass is 10.6. The zero-order valence-electron chi connectivity index (χ0n) is 6.12. The van der Waals surface area contributed by atoms with Crippen LogP contribution in [0, 0.1) is 6.92 Å². The minimum atomic E-state index is -2.49. The van der Waals surface area contributed by atoms with E-state index in [9.17, 15) is 8.42 Å². The Morgan fingerprint density at radius 1 is 1.55 bits per heavy atom. The zero-order chi connectivity index (χ0) is 8.43. The fraction of sp³-hybridized carbons (Fsp3) is 0.400. The van der Waals surface area contributed by atoms with Gasteiger partial charge in [0.1, 0.15) is 4.21 Å². The van der Waals surface area contributed by atoms with Gasteiger partial charge < -0.3 is 5.32 Å². The van der Waals surface area contributed by atoms with E-state index in [4.69, 9.17) is 0 Å². The molecule has 1 rings (SSSR count). The molecule has 0 saturated heterocycles. The normalized spacial score (nSPS) is 10.5. The standard InChI is InChI=1S/C5H8N2O2S2/c1-3-4(11(8)9)10-5(6-2)7-3/h11H,1-2H3,(H,6,7). The number of hydrogen-bond acceptors (Lipinski definition) is 5. The van der Waals surface area contributed by atoms with Gasteiger partial charge in [-0.1, -0.05) is 11.3 Å². The Morgan fingerprint density at radius 2 is 2.18 bits per heavy atom. The smallest absolute Gasteiger partial charge is 0.183 e. The molecular formula is C5H8N2O2S2. The molecule has 0 bridgehead atoms. The van der Waals surface area contributed by atoms with Gasteiger partial charge in [0.2, 0.25) is 0 Å². The first-order valence-electron chi connectivity index (χ1n) is 2.94. The van der Waals surface area contributed by atoms with Gasteiger partial charge in [-0.2, -0.15) is 0 Å². The SMILES string of the molecule is CNc1nc(C)c([SH](=O)=O)s1. The lowest BCUT2D eigenvalue weighted by Crippen LogP contribution is -1.85. The van der Waals surface area contributed by atoms with Crippen LogP contribution in [0.2, 0.25) is 0 Å². The van der Waals surface area contributed by atoms with E-state index >= 15 is 0 Å². The number of thiol groups is 1. The fourth-order valence-corrected chi connectivity index (χ4v) is 2.20. The van der Waals surface area contributed by atoms with Crippen LogP contribution in [0.1, 0.15) is 5.69 Å². The van der Waals surface area contributed by atoms with Crippen LogP contribution in [0.5, 0.6) is 0 Å². The van der Waals surface area contributed by atoms with Gasteiger partial charge in [0.25, 0.3) is 0 Å². The molecule has 0 spiro atoms. The van der Waals surface area contributed by atoms with Gasteiger partial charge in [-0.05, 0) is 6.92 Å². The number of thiazole rings is 1. The van der Waals surface area contributed by atoms with Gasteiger partial charge in [0.15, 0.2) is 15.8 Å². The molecule has 0 radical (unpaired) electrons.